The van der Waals surface area contributed by atoms with E-state index in [1.54, 1.807) is 17.0 Å². The van der Waals surface area contributed by atoms with E-state index >= 15 is 0 Å². The lowest BCUT2D eigenvalue weighted by molar-refractivity contribution is -0.921. The van der Waals surface area contributed by atoms with Crippen molar-refractivity contribution in [1.82, 2.24) is 5.32 Å². The van der Waals surface area contributed by atoms with Gasteiger partial charge in [-0.15, -0.1) is 0 Å². The highest BCUT2D eigenvalue weighted by atomic mass is 32.1. The maximum absolute atomic E-state index is 12.9. The summed E-state index contributed by atoms with van der Waals surface area (Å²) in [5.41, 5.74) is 3.25. The molecule has 132 valence electrons. The first-order chi connectivity index (χ1) is 12.2. The maximum atomic E-state index is 12.9. The van der Waals surface area contributed by atoms with Crippen molar-refractivity contribution < 1.29 is 14.0 Å². The van der Waals surface area contributed by atoms with Gasteiger partial charge in [0.1, 0.15) is 25.5 Å². The number of benzene rings is 2. The van der Waals surface area contributed by atoms with E-state index < -0.39 is 0 Å². The molecule has 0 aliphatic carbocycles. The first kappa shape index (κ1) is 17.8. The molecule has 25 heavy (non-hydrogen) atoms. The predicted octanol–water partition coefficient (Wildman–Crippen LogP) is 1.73. The number of quaternary nitrogens is 1. The van der Waals surface area contributed by atoms with Crippen LogP contribution >= 0.6 is 12.2 Å². The molecule has 0 spiro atoms. The van der Waals surface area contributed by atoms with Crippen molar-refractivity contribution >= 4 is 23.0 Å². The van der Waals surface area contributed by atoms with Crippen molar-refractivity contribution in [1.29, 1.82) is 0 Å². The van der Waals surface area contributed by atoms with E-state index in [4.69, 9.17) is 17.0 Å². The Bertz CT molecular complexity index is 685. The van der Waals surface area contributed by atoms with Crippen LogP contribution in [0.15, 0.2) is 48.5 Å². The monoisotopic (exact) mass is 360 g/mol. The molecule has 1 aliphatic heterocycles. The molecule has 2 aromatic rings. The van der Waals surface area contributed by atoms with E-state index in [9.17, 15) is 4.39 Å². The zero-order valence-corrected chi connectivity index (χ0v) is 14.9. The number of halogens is 1. The summed E-state index contributed by atoms with van der Waals surface area (Å²) in [5, 5.41) is 6.85. The molecule has 0 bridgehead atoms. The van der Waals surface area contributed by atoms with Gasteiger partial charge in [-0.3, -0.25) is 0 Å². The summed E-state index contributed by atoms with van der Waals surface area (Å²) in [7, 11) is 0. The number of rotatable bonds is 5. The number of morpholine rings is 1. The van der Waals surface area contributed by atoms with Gasteiger partial charge in [0.15, 0.2) is 5.11 Å². The first-order valence-electron chi connectivity index (χ1n) is 8.48. The largest absolute Gasteiger partial charge is 0.370 e. The molecule has 0 aromatic heterocycles. The Morgan fingerprint density at radius 2 is 1.64 bits per heavy atom. The third-order valence-corrected chi connectivity index (χ3v) is 4.48. The summed E-state index contributed by atoms with van der Waals surface area (Å²) < 4.78 is 18.3. The van der Waals surface area contributed by atoms with Gasteiger partial charge in [-0.2, -0.15) is 0 Å². The minimum Gasteiger partial charge on any atom is -0.370 e. The minimum atomic E-state index is -0.233. The van der Waals surface area contributed by atoms with Crippen molar-refractivity contribution in [2.45, 2.75) is 13.1 Å². The Morgan fingerprint density at radius 1 is 1.00 bits per heavy atom. The number of ether oxygens (including phenoxy) is 1. The normalized spacial score (nSPS) is 14.9. The average molecular weight is 360 g/mol. The van der Waals surface area contributed by atoms with Crippen molar-refractivity contribution in [2.75, 3.05) is 31.6 Å². The fourth-order valence-electron chi connectivity index (χ4n) is 2.79. The predicted molar refractivity (Wildman–Crippen MR) is 101 cm³/mol. The van der Waals surface area contributed by atoms with Gasteiger partial charge in [-0.1, -0.05) is 24.3 Å². The van der Waals surface area contributed by atoms with Crippen LogP contribution in [0.2, 0.25) is 0 Å². The molecule has 2 aromatic carbocycles. The lowest BCUT2D eigenvalue weighted by Gasteiger charge is -2.23. The minimum absolute atomic E-state index is 0.233. The van der Waals surface area contributed by atoms with E-state index in [2.05, 4.69) is 22.8 Å². The highest BCUT2D eigenvalue weighted by Crippen LogP contribution is 2.09. The Kier molecular flexibility index (Phi) is 6.33. The molecule has 4 nitrogen and oxygen atoms in total. The molecular weight excluding hydrogens is 337 g/mol. The number of thiocarbonyl (C=S) groups is 1. The molecule has 1 fully saturated rings. The summed E-state index contributed by atoms with van der Waals surface area (Å²) in [6.07, 6.45) is 0. The van der Waals surface area contributed by atoms with Crippen molar-refractivity contribution in [3.8, 4) is 0 Å². The van der Waals surface area contributed by atoms with Crippen LogP contribution in [-0.2, 0) is 17.8 Å². The van der Waals surface area contributed by atoms with Crippen LogP contribution < -0.4 is 15.5 Å². The second-order valence-electron chi connectivity index (χ2n) is 6.17. The van der Waals surface area contributed by atoms with Gasteiger partial charge in [0, 0.05) is 17.8 Å². The number of anilines is 1. The second kappa shape index (κ2) is 8.89. The second-order valence-corrected chi connectivity index (χ2v) is 6.58. The number of nitrogens with one attached hydrogen (secondary N) is 3. The Hall–Kier alpha value is -2.02. The highest BCUT2D eigenvalue weighted by molar-refractivity contribution is 7.80. The number of hydrogen-bond acceptors (Lipinski definition) is 2. The molecule has 0 radical (unpaired) electrons. The van der Waals surface area contributed by atoms with Gasteiger partial charge in [0.05, 0.1) is 13.2 Å². The molecule has 1 aliphatic rings. The molecule has 1 heterocycles. The van der Waals surface area contributed by atoms with Crippen LogP contribution in [0.25, 0.3) is 0 Å². The fourth-order valence-corrected chi connectivity index (χ4v) is 2.98. The molecular formula is C19H23FN3OS+. The van der Waals surface area contributed by atoms with Crippen LogP contribution in [0.1, 0.15) is 11.1 Å². The SMILES string of the molecule is Fc1ccc(CNC(=S)Nc2ccc(C[NH+]3CCOCC3)cc2)cc1. The molecule has 0 amide bonds. The van der Waals surface area contributed by atoms with Crippen molar-refractivity contribution in [2.24, 2.45) is 0 Å². The van der Waals surface area contributed by atoms with Crippen LogP contribution in [-0.4, -0.2) is 31.4 Å². The summed E-state index contributed by atoms with van der Waals surface area (Å²) >= 11 is 5.31. The maximum Gasteiger partial charge on any atom is 0.171 e. The third-order valence-electron chi connectivity index (χ3n) is 4.23. The Balaban J connectivity index is 1.45. The molecule has 0 atom stereocenters. The summed E-state index contributed by atoms with van der Waals surface area (Å²) in [5.74, 6) is -0.233. The van der Waals surface area contributed by atoms with Gasteiger partial charge in [0.25, 0.3) is 0 Å². The van der Waals surface area contributed by atoms with Crippen molar-refractivity contribution in [3.63, 3.8) is 0 Å². The van der Waals surface area contributed by atoms with Gasteiger partial charge >= 0.3 is 0 Å². The Labute approximate surface area is 153 Å². The molecule has 3 rings (SSSR count). The van der Waals surface area contributed by atoms with Crippen molar-refractivity contribution in [3.05, 3.63) is 65.5 Å². The average Bonchev–Trinajstić information content (AvgIpc) is 2.64. The molecule has 0 unspecified atom stereocenters. The lowest BCUT2D eigenvalue weighted by Crippen LogP contribution is -3.12. The number of hydrogen-bond donors (Lipinski definition) is 3. The topological polar surface area (TPSA) is 37.7 Å². The lowest BCUT2D eigenvalue weighted by atomic mass is 10.2. The summed E-state index contributed by atoms with van der Waals surface area (Å²) in [4.78, 5) is 1.56. The standard InChI is InChI=1S/C19H22FN3OS/c20-17-5-1-15(2-6-17)13-21-19(25)22-18-7-3-16(4-8-18)14-23-9-11-24-12-10-23/h1-8H,9-14H2,(H2,21,22,25)/p+1. The van der Waals surface area contributed by atoms with E-state index in [1.807, 2.05) is 12.1 Å². The molecule has 3 N–H and O–H groups in total. The zero-order chi connectivity index (χ0) is 17.5. The van der Waals surface area contributed by atoms with Gasteiger partial charge in [-0.25, -0.2) is 4.39 Å². The third kappa shape index (κ3) is 5.77. The van der Waals surface area contributed by atoms with Crippen LogP contribution in [0, 0.1) is 5.82 Å². The van der Waals surface area contributed by atoms with Crippen LogP contribution in [0.3, 0.4) is 0 Å². The summed E-state index contributed by atoms with van der Waals surface area (Å²) in [6, 6.07) is 14.7. The van der Waals surface area contributed by atoms with Crippen LogP contribution in [0.5, 0.6) is 0 Å². The van der Waals surface area contributed by atoms with Crippen LogP contribution in [0.4, 0.5) is 10.1 Å². The van der Waals surface area contributed by atoms with Gasteiger partial charge < -0.3 is 20.3 Å². The zero-order valence-electron chi connectivity index (χ0n) is 14.1. The van der Waals surface area contributed by atoms with Gasteiger partial charge in [-0.05, 0) is 42.0 Å². The quantitative estimate of drug-likeness (QED) is 0.710. The fraction of sp³-hybridized carbons (Fsp3) is 0.316. The van der Waals surface area contributed by atoms with Gasteiger partial charge in [0.2, 0.25) is 0 Å². The first-order valence-corrected chi connectivity index (χ1v) is 8.89. The van der Waals surface area contributed by atoms with E-state index in [-0.39, 0.29) is 5.82 Å². The smallest absolute Gasteiger partial charge is 0.171 e. The molecule has 0 saturated carbocycles. The summed E-state index contributed by atoms with van der Waals surface area (Å²) in [6.45, 7) is 5.42. The molecule has 1 saturated heterocycles. The molecule has 6 heteroatoms. The van der Waals surface area contributed by atoms with E-state index in [1.165, 1.54) is 17.7 Å². The van der Waals surface area contributed by atoms with E-state index in [0.29, 0.717) is 11.7 Å². The van der Waals surface area contributed by atoms with E-state index in [0.717, 1.165) is 44.1 Å². The Morgan fingerprint density at radius 3 is 2.32 bits per heavy atom. The highest BCUT2D eigenvalue weighted by Gasteiger charge is 2.13.